The standard InChI is InChI=1S/C15H21N5O6/c1-5(2)12-18-11(16)6-13(19-12)20(4-17-6)14-8(22)7(21)10(26-14)9(23)15(24)25-3/h4-5,7-10,14,21-23H,1-3H3,(H2,16,18,19)/t7?,8?,9?,10-,14+/m0/s1. The first kappa shape index (κ1) is 18.5. The number of carbonyl (C=O) groups excluding carboxylic acids is 1. The Morgan fingerprint density at radius 2 is 2.04 bits per heavy atom. The van der Waals surface area contributed by atoms with Gasteiger partial charge in [0.15, 0.2) is 23.8 Å². The molecule has 3 rings (SSSR count). The van der Waals surface area contributed by atoms with Gasteiger partial charge in [-0.1, -0.05) is 13.8 Å². The molecule has 26 heavy (non-hydrogen) atoms. The number of aliphatic hydroxyl groups is 3. The van der Waals surface area contributed by atoms with E-state index in [2.05, 4.69) is 19.7 Å². The van der Waals surface area contributed by atoms with Crippen molar-refractivity contribution in [2.75, 3.05) is 12.8 Å². The maximum Gasteiger partial charge on any atom is 0.337 e. The number of imidazole rings is 1. The molecule has 0 bridgehead atoms. The van der Waals surface area contributed by atoms with Gasteiger partial charge >= 0.3 is 5.97 Å². The van der Waals surface area contributed by atoms with Crippen LogP contribution in [0.1, 0.15) is 31.8 Å². The normalized spacial score (nSPS) is 27.2. The van der Waals surface area contributed by atoms with Crippen molar-refractivity contribution in [1.82, 2.24) is 19.5 Å². The number of aliphatic hydroxyl groups excluding tert-OH is 3. The molecule has 0 spiro atoms. The number of rotatable bonds is 4. The summed E-state index contributed by atoms with van der Waals surface area (Å²) < 4.78 is 11.4. The Labute approximate surface area is 148 Å². The molecule has 3 heterocycles. The molecule has 0 aliphatic carbocycles. The molecular weight excluding hydrogens is 346 g/mol. The first-order chi connectivity index (χ1) is 12.3. The molecule has 11 heteroatoms. The van der Waals surface area contributed by atoms with E-state index >= 15 is 0 Å². The average molecular weight is 367 g/mol. The number of nitrogen functional groups attached to an aromatic ring is 1. The van der Waals surface area contributed by atoms with Crippen molar-refractivity contribution in [3.63, 3.8) is 0 Å². The van der Waals surface area contributed by atoms with Crippen molar-refractivity contribution < 1.29 is 29.6 Å². The second-order valence-electron chi connectivity index (χ2n) is 6.39. The fraction of sp³-hybridized carbons (Fsp3) is 0.600. The predicted octanol–water partition coefficient (Wildman–Crippen LogP) is -1.31. The summed E-state index contributed by atoms with van der Waals surface area (Å²) in [7, 11) is 1.09. The highest BCUT2D eigenvalue weighted by Gasteiger charge is 2.49. The van der Waals surface area contributed by atoms with Gasteiger partial charge in [0.05, 0.1) is 13.4 Å². The van der Waals surface area contributed by atoms with Crippen LogP contribution in [-0.2, 0) is 14.3 Å². The van der Waals surface area contributed by atoms with Crippen LogP contribution in [0.15, 0.2) is 6.33 Å². The van der Waals surface area contributed by atoms with Crippen molar-refractivity contribution in [3.05, 3.63) is 12.2 Å². The minimum absolute atomic E-state index is 0.000967. The molecule has 3 unspecified atom stereocenters. The summed E-state index contributed by atoms with van der Waals surface area (Å²) in [6.07, 6.45) is -5.87. The molecule has 0 aromatic carbocycles. The van der Waals surface area contributed by atoms with Gasteiger partial charge in [-0.15, -0.1) is 0 Å². The van der Waals surface area contributed by atoms with E-state index in [1.807, 2.05) is 13.8 Å². The van der Waals surface area contributed by atoms with E-state index in [-0.39, 0.29) is 11.7 Å². The number of anilines is 1. The van der Waals surface area contributed by atoms with Crippen molar-refractivity contribution >= 4 is 23.0 Å². The molecule has 2 aromatic rings. The van der Waals surface area contributed by atoms with Crippen LogP contribution in [0.4, 0.5) is 5.82 Å². The Bertz CT molecular complexity index is 824. The Hall–Kier alpha value is -2.34. The minimum atomic E-state index is -1.75. The average Bonchev–Trinajstić information content (AvgIpc) is 3.16. The van der Waals surface area contributed by atoms with E-state index in [1.165, 1.54) is 10.9 Å². The third kappa shape index (κ3) is 2.88. The summed E-state index contributed by atoms with van der Waals surface area (Å²) >= 11 is 0. The Morgan fingerprint density at radius 3 is 2.65 bits per heavy atom. The minimum Gasteiger partial charge on any atom is -0.467 e. The maximum atomic E-state index is 11.5. The fourth-order valence-corrected chi connectivity index (χ4v) is 2.83. The van der Waals surface area contributed by atoms with Crippen LogP contribution < -0.4 is 5.73 Å². The van der Waals surface area contributed by atoms with Crippen LogP contribution in [0.25, 0.3) is 11.2 Å². The van der Waals surface area contributed by atoms with Gasteiger partial charge in [-0.05, 0) is 0 Å². The van der Waals surface area contributed by atoms with Crippen LogP contribution in [0.2, 0.25) is 0 Å². The number of hydrogen-bond donors (Lipinski definition) is 4. The van der Waals surface area contributed by atoms with Crippen LogP contribution in [0.5, 0.6) is 0 Å². The van der Waals surface area contributed by atoms with Gasteiger partial charge in [0, 0.05) is 5.92 Å². The number of fused-ring (bicyclic) bond motifs is 1. The zero-order valence-electron chi connectivity index (χ0n) is 14.5. The second kappa shape index (κ2) is 6.76. The summed E-state index contributed by atoms with van der Waals surface area (Å²) in [6, 6.07) is 0. The van der Waals surface area contributed by atoms with E-state index in [0.29, 0.717) is 17.0 Å². The molecule has 2 aromatic heterocycles. The van der Waals surface area contributed by atoms with Crippen LogP contribution in [-0.4, -0.2) is 72.3 Å². The summed E-state index contributed by atoms with van der Waals surface area (Å²) in [4.78, 5) is 24.2. The third-order valence-corrected chi connectivity index (χ3v) is 4.29. The maximum absolute atomic E-state index is 11.5. The molecule has 0 saturated carbocycles. The first-order valence-corrected chi connectivity index (χ1v) is 8.03. The van der Waals surface area contributed by atoms with E-state index < -0.39 is 36.6 Å². The lowest BCUT2D eigenvalue weighted by molar-refractivity contribution is -0.163. The Kier molecular flexibility index (Phi) is 4.80. The lowest BCUT2D eigenvalue weighted by atomic mass is 10.1. The van der Waals surface area contributed by atoms with E-state index in [1.54, 1.807) is 0 Å². The monoisotopic (exact) mass is 367 g/mol. The smallest absolute Gasteiger partial charge is 0.337 e. The summed E-state index contributed by atoms with van der Waals surface area (Å²) in [5.74, 6) is -0.322. The molecule has 1 aliphatic rings. The first-order valence-electron chi connectivity index (χ1n) is 8.03. The number of aromatic nitrogens is 4. The van der Waals surface area contributed by atoms with Gasteiger partial charge in [0.2, 0.25) is 0 Å². The lowest BCUT2D eigenvalue weighted by Gasteiger charge is -2.19. The number of hydrogen-bond acceptors (Lipinski definition) is 10. The Morgan fingerprint density at radius 1 is 1.35 bits per heavy atom. The van der Waals surface area contributed by atoms with Crippen molar-refractivity contribution in [2.45, 2.75) is 50.4 Å². The van der Waals surface area contributed by atoms with Gasteiger partial charge in [0.25, 0.3) is 0 Å². The third-order valence-electron chi connectivity index (χ3n) is 4.29. The SMILES string of the molecule is COC(=O)C(O)[C@H]1O[C@@H](n2cnc3c(N)nc(C(C)C)nc32)C(O)C1O. The highest BCUT2D eigenvalue weighted by molar-refractivity contribution is 5.81. The number of ether oxygens (including phenoxy) is 2. The zero-order valence-corrected chi connectivity index (χ0v) is 14.5. The summed E-state index contributed by atoms with van der Waals surface area (Å²) in [5.41, 5.74) is 6.55. The van der Waals surface area contributed by atoms with Crippen LogP contribution in [0.3, 0.4) is 0 Å². The van der Waals surface area contributed by atoms with Crippen LogP contribution in [0, 0.1) is 0 Å². The van der Waals surface area contributed by atoms with Gasteiger partial charge in [-0.2, -0.15) is 0 Å². The fourth-order valence-electron chi connectivity index (χ4n) is 2.83. The number of nitrogens with two attached hydrogens (primary N) is 1. The number of methoxy groups -OCH3 is 1. The van der Waals surface area contributed by atoms with Gasteiger partial charge in [0.1, 0.15) is 29.7 Å². The Balaban J connectivity index is 2.00. The van der Waals surface area contributed by atoms with Gasteiger partial charge in [-0.25, -0.2) is 19.7 Å². The molecule has 0 radical (unpaired) electrons. The van der Waals surface area contributed by atoms with Gasteiger partial charge in [-0.3, -0.25) is 4.57 Å². The second-order valence-corrected chi connectivity index (χ2v) is 6.39. The molecule has 1 fully saturated rings. The molecule has 0 amide bonds. The van der Waals surface area contributed by atoms with Crippen molar-refractivity contribution in [1.29, 1.82) is 0 Å². The van der Waals surface area contributed by atoms with Crippen molar-refractivity contribution in [2.24, 2.45) is 0 Å². The number of nitrogens with zero attached hydrogens (tertiary/aromatic N) is 4. The molecule has 142 valence electrons. The van der Waals surface area contributed by atoms with Crippen molar-refractivity contribution in [3.8, 4) is 0 Å². The molecule has 5 N–H and O–H groups in total. The summed E-state index contributed by atoms with van der Waals surface area (Å²) in [5, 5.41) is 30.5. The quantitative estimate of drug-likeness (QED) is 0.476. The molecule has 1 aliphatic heterocycles. The highest BCUT2D eigenvalue weighted by atomic mass is 16.6. The number of carbonyl (C=O) groups is 1. The largest absolute Gasteiger partial charge is 0.467 e. The topological polar surface area (TPSA) is 166 Å². The molecule has 1 saturated heterocycles. The molecule has 11 nitrogen and oxygen atoms in total. The van der Waals surface area contributed by atoms with Crippen LogP contribution >= 0.6 is 0 Å². The predicted molar refractivity (Wildman–Crippen MR) is 87.8 cm³/mol. The van der Waals surface area contributed by atoms with E-state index in [4.69, 9.17) is 10.5 Å². The zero-order chi connectivity index (χ0) is 19.2. The highest BCUT2D eigenvalue weighted by Crippen LogP contribution is 2.34. The number of esters is 1. The molecular formula is C15H21N5O6. The molecule has 5 atom stereocenters. The summed E-state index contributed by atoms with van der Waals surface area (Å²) in [6.45, 7) is 3.80. The van der Waals surface area contributed by atoms with Gasteiger partial charge < -0.3 is 30.5 Å². The lowest BCUT2D eigenvalue weighted by Crippen LogP contribution is -2.43. The van der Waals surface area contributed by atoms with E-state index in [0.717, 1.165) is 7.11 Å². The van der Waals surface area contributed by atoms with E-state index in [9.17, 15) is 20.1 Å².